The first kappa shape index (κ1) is 54.0. The quantitative estimate of drug-likeness (QED) is 0.157. The number of fused-ring (bicyclic) bond motifs is 3. The average Bonchev–Trinajstić information content (AvgIpc) is 4.11. The van der Waals surface area contributed by atoms with Gasteiger partial charge in [-0.05, 0) is 113 Å². The van der Waals surface area contributed by atoms with E-state index in [1.807, 2.05) is 32.8 Å². The molecule has 1 aromatic heterocycles. The molecule has 6 rings (SSSR count). The number of methoxy groups -OCH3 is 1. The van der Waals surface area contributed by atoms with E-state index in [1.54, 1.807) is 33.8 Å². The van der Waals surface area contributed by atoms with Gasteiger partial charge < -0.3 is 40.2 Å². The van der Waals surface area contributed by atoms with Gasteiger partial charge in [-0.15, -0.1) is 12.8 Å². The summed E-state index contributed by atoms with van der Waals surface area (Å²) in [5.74, 6) is -2.29. The fourth-order valence-corrected chi connectivity index (χ4v) is 8.97. The normalized spacial score (nSPS) is 26.3. The first-order chi connectivity index (χ1) is 30.3. The topological polar surface area (TPSA) is 176 Å². The highest BCUT2D eigenvalue weighted by atomic mass is 19.4. The summed E-state index contributed by atoms with van der Waals surface area (Å²) in [6.45, 7) is 17.2. The number of ether oxygens (including phenoxy) is 2. The van der Waals surface area contributed by atoms with E-state index in [2.05, 4.69) is 47.6 Å². The number of likely N-dealkylation sites (N-methyl/N-ethyl adjacent to an activating group) is 1. The van der Waals surface area contributed by atoms with Crippen LogP contribution in [-0.4, -0.2) is 89.5 Å². The first-order valence-corrected chi connectivity index (χ1v) is 22.2. The number of alkyl carbamates (subject to hydrolysis) is 1. The lowest BCUT2D eigenvalue weighted by Gasteiger charge is -2.38. The molecule has 3 fully saturated rings. The van der Waals surface area contributed by atoms with Crippen LogP contribution in [0.2, 0.25) is 0 Å². The Morgan fingerprint density at radius 2 is 1.68 bits per heavy atom. The molecule has 2 aliphatic heterocycles. The lowest BCUT2D eigenvalue weighted by molar-refractivity contribution is -0.142. The Morgan fingerprint density at radius 1 is 1.05 bits per heavy atom. The van der Waals surface area contributed by atoms with Gasteiger partial charge in [0.05, 0.1) is 12.6 Å². The van der Waals surface area contributed by atoms with Gasteiger partial charge in [-0.1, -0.05) is 59.6 Å². The summed E-state index contributed by atoms with van der Waals surface area (Å²) in [5.41, 5.74) is -4.71. The molecule has 2 aromatic rings. The average molecular weight is 914 g/mol. The van der Waals surface area contributed by atoms with Crippen LogP contribution in [-0.2, 0) is 35.5 Å². The second kappa shape index (κ2) is 21.3. The third-order valence-corrected chi connectivity index (χ3v) is 12.8. The molecule has 4 N–H and O–H groups in total. The number of carbonyl (C=O) groups excluding carboxylic acids is 5. The predicted octanol–water partition coefficient (Wildman–Crippen LogP) is 8.54. The monoisotopic (exact) mass is 914 g/mol. The standard InChI is InChI=1S/C41H56F3N5O7.C5H10.C2H2.CH2O/c1-9-39(6,30-26-19-25(55-8)17-18-27(26)46-32(31(30)50)41(42,43)44)22-38(5)21-29-33(51)48-40(35(53)45-7)20-24(40)15-13-11-10-12-14-16-28(34(52)49(29)23-38)47-36(54)56-37(2,3)4;1-5(2)3-4-5;2*1-2/h13,15,17-19,24,28-29,50H,9-12,14,16,20-23H2,1-8H3,(H,45,53)(H,47,54)(H,48,51);3-4H2,1-2H3;1-2H;1H2/b15-13-;;;/t24-,28+,29?,38-,39+,40?;;;/m1.../s1. The zero-order valence-electron chi connectivity index (χ0n) is 39.8. The number of alkyl halides is 3. The summed E-state index contributed by atoms with van der Waals surface area (Å²) in [7, 11) is 2.93. The highest BCUT2D eigenvalue weighted by Crippen LogP contribution is 2.53. The van der Waals surface area contributed by atoms with Crippen LogP contribution >= 0.6 is 0 Å². The lowest BCUT2D eigenvalue weighted by Crippen LogP contribution is -2.57. The number of nitrogens with one attached hydrogen (secondary N) is 3. The molecule has 16 heteroatoms. The molecule has 0 bridgehead atoms. The van der Waals surface area contributed by atoms with E-state index < -0.39 is 69.6 Å². The molecule has 1 saturated heterocycles. The third kappa shape index (κ3) is 13.4. The summed E-state index contributed by atoms with van der Waals surface area (Å²) in [6, 6.07) is 2.33. The number of benzene rings is 1. The van der Waals surface area contributed by atoms with Crippen LogP contribution in [0.4, 0.5) is 18.0 Å². The van der Waals surface area contributed by atoms with E-state index in [4.69, 9.17) is 14.3 Å². The molecule has 2 unspecified atom stereocenters. The molecule has 4 aliphatic rings. The van der Waals surface area contributed by atoms with Gasteiger partial charge in [-0.3, -0.25) is 14.4 Å². The van der Waals surface area contributed by atoms with E-state index in [0.29, 0.717) is 18.6 Å². The first-order valence-electron chi connectivity index (χ1n) is 22.2. The number of allylic oxidation sites excluding steroid dienone is 1. The van der Waals surface area contributed by atoms with Crippen molar-refractivity contribution in [3.8, 4) is 24.3 Å². The molecule has 1 aromatic carbocycles. The number of amides is 4. The summed E-state index contributed by atoms with van der Waals surface area (Å²) in [5, 5.41) is 20.1. The minimum atomic E-state index is -4.96. The highest BCUT2D eigenvalue weighted by Gasteiger charge is 2.61. The van der Waals surface area contributed by atoms with Crippen LogP contribution in [0.25, 0.3) is 10.9 Å². The molecule has 360 valence electrons. The number of hydrogen-bond acceptors (Lipinski definition) is 9. The second-order valence-electron chi connectivity index (χ2n) is 19.9. The predicted molar refractivity (Wildman–Crippen MR) is 244 cm³/mol. The Morgan fingerprint density at radius 3 is 2.22 bits per heavy atom. The van der Waals surface area contributed by atoms with Crippen molar-refractivity contribution in [1.82, 2.24) is 25.8 Å². The molecule has 0 radical (unpaired) electrons. The van der Waals surface area contributed by atoms with Gasteiger partial charge in [0.25, 0.3) is 0 Å². The number of terminal acetylenes is 1. The maximum absolute atomic E-state index is 14.7. The van der Waals surface area contributed by atoms with Crippen LogP contribution in [0.3, 0.4) is 0 Å². The number of pyridine rings is 1. The molecular formula is C49H70F3N5O8. The smallest absolute Gasteiger partial charge is 0.437 e. The molecule has 3 heterocycles. The Balaban J connectivity index is 0.00000114. The largest absolute Gasteiger partial charge is 0.505 e. The summed E-state index contributed by atoms with van der Waals surface area (Å²) in [6.07, 6.45) is 13.2. The number of aromatic hydroxyl groups is 1. The minimum absolute atomic E-state index is 0.00153. The minimum Gasteiger partial charge on any atom is -0.505 e. The van der Waals surface area contributed by atoms with Crippen molar-refractivity contribution in [3.63, 3.8) is 0 Å². The van der Waals surface area contributed by atoms with E-state index in [-0.39, 0.29) is 60.5 Å². The van der Waals surface area contributed by atoms with Gasteiger partial charge in [0, 0.05) is 30.5 Å². The third-order valence-electron chi connectivity index (χ3n) is 12.8. The SMILES string of the molecule is C#C.C=O.CC1(C)CC1.CC[C@@](C)(C[C@@]1(C)CC2C(=O)NC3(C(=O)NC)C[C@H]3/C=C\CCCCC[C@H](NC(=O)OC(C)(C)C)C(=O)N2C1)c1c(O)c(C(F)(F)F)nc2ccc(OC)cc12. The molecule has 65 heavy (non-hydrogen) atoms. The van der Waals surface area contributed by atoms with Crippen molar-refractivity contribution in [1.29, 1.82) is 0 Å². The molecule has 2 aliphatic carbocycles. The molecular weight excluding hydrogens is 844 g/mol. The van der Waals surface area contributed by atoms with Crippen LogP contribution in [0.15, 0.2) is 30.4 Å². The Hall–Kier alpha value is -5.33. The fraction of sp³-hybridized carbons (Fsp3) is 0.633. The Labute approximate surface area is 382 Å². The second-order valence-corrected chi connectivity index (χ2v) is 19.9. The Bertz CT molecular complexity index is 2080. The van der Waals surface area contributed by atoms with Crippen LogP contribution in [0.1, 0.15) is 137 Å². The number of hydrogen-bond donors (Lipinski definition) is 4. The van der Waals surface area contributed by atoms with E-state index in [1.165, 1.54) is 44.0 Å². The van der Waals surface area contributed by atoms with Crippen molar-refractivity contribution in [3.05, 3.63) is 41.6 Å². The van der Waals surface area contributed by atoms with Crippen molar-refractivity contribution in [2.75, 3.05) is 20.7 Å². The van der Waals surface area contributed by atoms with Crippen LogP contribution in [0, 0.1) is 29.6 Å². The van der Waals surface area contributed by atoms with Gasteiger partial charge >= 0.3 is 12.3 Å². The number of carbonyl (C=O) groups is 5. The highest BCUT2D eigenvalue weighted by molar-refractivity contribution is 5.98. The maximum Gasteiger partial charge on any atom is 0.437 e. The van der Waals surface area contributed by atoms with Gasteiger partial charge in [0.15, 0.2) is 11.4 Å². The number of aromatic nitrogens is 1. The Kier molecular flexibility index (Phi) is 17.7. The molecule has 2 saturated carbocycles. The fourth-order valence-electron chi connectivity index (χ4n) is 8.97. The zero-order chi connectivity index (χ0) is 49.3. The maximum atomic E-state index is 14.7. The summed E-state index contributed by atoms with van der Waals surface area (Å²) < 4.78 is 54.1. The van der Waals surface area contributed by atoms with Crippen LogP contribution in [0.5, 0.6) is 11.5 Å². The molecule has 4 amide bonds. The van der Waals surface area contributed by atoms with E-state index in [0.717, 1.165) is 24.7 Å². The number of halogens is 3. The lowest BCUT2D eigenvalue weighted by atomic mass is 9.66. The molecule has 13 nitrogen and oxygen atoms in total. The van der Waals surface area contributed by atoms with Gasteiger partial charge in [-0.2, -0.15) is 13.2 Å². The number of nitrogens with zero attached hydrogens (tertiary/aromatic N) is 2. The van der Waals surface area contributed by atoms with Crippen molar-refractivity contribution in [2.45, 2.75) is 161 Å². The van der Waals surface area contributed by atoms with Crippen LogP contribution < -0.4 is 20.7 Å². The number of rotatable bonds is 7. The summed E-state index contributed by atoms with van der Waals surface area (Å²) >= 11 is 0. The summed E-state index contributed by atoms with van der Waals surface area (Å²) in [4.78, 5) is 68.8. The molecule has 0 spiro atoms. The van der Waals surface area contributed by atoms with Crippen molar-refractivity contribution >= 4 is 41.5 Å². The van der Waals surface area contributed by atoms with Gasteiger partial charge in [0.2, 0.25) is 17.7 Å². The zero-order valence-corrected chi connectivity index (χ0v) is 39.8. The van der Waals surface area contributed by atoms with Crippen molar-refractivity contribution < 1.29 is 51.7 Å². The van der Waals surface area contributed by atoms with E-state index >= 15 is 0 Å². The van der Waals surface area contributed by atoms with E-state index in [9.17, 15) is 37.5 Å². The van der Waals surface area contributed by atoms with Crippen molar-refractivity contribution in [2.24, 2.45) is 16.7 Å². The van der Waals surface area contributed by atoms with Gasteiger partial charge in [-0.25, -0.2) is 9.78 Å². The molecule has 6 atom stereocenters. The van der Waals surface area contributed by atoms with Gasteiger partial charge in [0.1, 0.15) is 35.8 Å².